The number of hydrogen-bond donors (Lipinski definition) is 0. The molecule has 0 radical (unpaired) electrons. The second-order valence-corrected chi connectivity index (χ2v) is 11.3. The van der Waals surface area contributed by atoms with Gasteiger partial charge in [-0.1, -0.05) is 25.1 Å². The van der Waals surface area contributed by atoms with E-state index in [0.717, 1.165) is 3.97 Å². The molecule has 10 heteroatoms. The van der Waals surface area contributed by atoms with Gasteiger partial charge in [0.2, 0.25) is 0 Å². The highest BCUT2D eigenvalue weighted by Crippen LogP contribution is 2.30. The van der Waals surface area contributed by atoms with Gasteiger partial charge in [-0.2, -0.15) is 0 Å². The summed E-state index contributed by atoms with van der Waals surface area (Å²) in [5, 5.41) is 0. The molecule has 0 aliphatic carbocycles. The van der Waals surface area contributed by atoms with E-state index < -0.39 is 27.5 Å². The Hall–Kier alpha value is -3.66. The van der Waals surface area contributed by atoms with Crippen LogP contribution < -0.4 is 4.74 Å². The SMILES string of the molecule is CCC(=O)COc1cccc(S(=O)(=O)n2cc(CN(C)C(=O)OC(C)(C)C)cc2-c2ccccc2F)c1. The van der Waals surface area contributed by atoms with Crippen molar-refractivity contribution in [2.45, 2.75) is 51.2 Å². The van der Waals surface area contributed by atoms with E-state index in [2.05, 4.69) is 0 Å². The number of rotatable bonds is 9. The van der Waals surface area contributed by atoms with Crippen molar-refractivity contribution in [3.63, 3.8) is 0 Å². The normalized spacial score (nSPS) is 11.7. The van der Waals surface area contributed by atoms with Gasteiger partial charge in [0.05, 0.1) is 17.1 Å². The summed E-state index contributed by atoms with van der Waals surface area (Å²) in [6.45, 7) is 6.79. The molecule has 1 heterocycles. The number of amides is 1. The van der Waals surface area contributed by atoms with Crippen LogP contribution in [0.5, 0.6) is 5.75 Å². The molecule has 3 aromatic rings. The van der Waals surface area contributed by atoms with Gasteiger partial charge in [0.25, 0.3) is 10.0 Å². The van der Waals surface area contributed by atoms with Crippen LogP contribution >= 0.6 is 0 Å². The number of ether oxygens (including phenoxy) is 2. The molecule has 0 N–H and O–H groups in total. The molecule has 8 nitrogen and oxygen atoms in total. The molecule has 1 amide bonds. The average Bonchev–Trinajstić information content (AvgIpc) is 3.26. The predicted octanol–water partition coefficient (Wildman–Crippen LogP) is 5.26. The molecule has 198 valence electrons. The molecule has 0 spiro atoms. The van der Waals surface area contributed by atoms with Gasteiger partial charge in [0.15, 0.2) is 5.78 Å². The minimum Gasteiger partial charge on any atom is -0.486 e. The zero-order valence-electron chi connectivity index (χ0n) is 21.5. The quantitative estimate of drug-likeness (QED) is 0.375. The molecule has 2 aromatic carbocycles. The largest absolute Gasteiger partial charge is 0.486 e. The first-order valence-corrected chi connectivity index (χ1v) is 13.2. The van der Waals surface area contributed by atoms with Gasteiger partial charge in [-0.15, -0.1) is 0 Å². The van der Waals surface area contributed by atoms with Crippen molar-refractivity contribution in [2.75, 3.05) is 13.7 Å². The number of Topliss-reactive ketones (excluding diaryl/α,β-unsaturated/α-hetero) is 1. The molecule has 0 fully saturated rings. The standard InChI is InChI=1S/C27H31FN2O6S/c1-6-20(31)18-35-21-10-9-11-22(15-21)37(33,34)30-17-19(16-29(5)26(32)36-27(2,3)4)14-25(30)23-12-7-8-13-24(23)28/h7-15,17H,6,16,18H2,1-5H3. The first-order valence-electron chi connectivity index (χ1n) is 11.7. The van der Waals surface area contributed by atoms with Crippen LogP contribution in [-0.2, 0) is 26.1 Å². The highest BCUT2D eigenvalue weighted by Gasteiger charge is 2.26. The number of nitrogens with zero attached hydrogens (tertiary/aromatic N) is 2. The van der Waals surface area contributed by atoms with E-state index in [-0.39, 0.29) is 40.8 Å². The molecule has 3 rings (SSSR count). The molecule has 1 aromatic heterocycles. The molecule has 0 unspecified atom stereocenters. The van der Waals surface area contributed by atoms with Crippen LogP contribution in [-0.4, -0.2) is 48.4 Å². The smallest absolute Gasteiger partial charge is 0.410 e. The fourth-order valence-electron chi connectivity index (χ4n) is 3.43. The molecule has 0 atom stereocenters. The van der Waals surface area contributed by atoms with Crippen molar-refractivity contribution in [3.05, 3.63) is 72.2 Å². The topological polar surface area (TPSA) is 94.9 Å². The third-order valence-electron chi connectivity index (χ3n) is 5.27. The molecule has 0 aliphatic rings. The number of hydrogen-bond acceptors (Lipinski definition) is 6. The Balaban J connectivity index is 2.03. The van der Waals surface area contributed by atoms with Crippen molar-refractivity contribution in [1.82, 2.24) is 8.87 Å². The van der Waals surface area contributed by atoms with Gasteiger partial charge in [-0.3, -0.25) is 4.79 Å². The Bertz CT molecular complexity index is 1390. The first kappa shape index (κ1) is 27.9. The zero-order chi connectivity index (χ0) is 27.4. The lowest BCUT2D eigenvalue weighted by molar-refractivity contribution is -0.120. The van der Waals surface area contributed by atoms with Gasteiger partial charge in [-0.25, -0.2) is 21.6 Å². The van der Waals surface area contributed by atoms with Gasteiger partial charge >= 0.3 is 6.09 Å². The lowest BCUT2D eigenvalue weighted by Gasteiger charge is -2.24. The van der Waals surface area contributed by atoms with Crippen molar-refractivity contribution in [3.8, 4) is 17.0 Å². The van der Waals surface area contributed by atoms with Crippen LogP contribution in [0.4, 0.5) is 9.18 Å². The molecule has 0 saturated carbocycles. The first-order chi connectivity index (χ1) is 17.3. The van der Waals surface area contributed by atoms with Crippen molar-refractivity contribution in [1.29, 1.82) is 0 Å². The summed E-state index contributed by atoms with van der Waals surface area (Å²) >= 11 is 0. The highest BCUT2D eigenvalue weighted by atomic mass is 32.2. The number of carbonyl (C=O) groups is 2. The van der Waals surface area contributed by atoms with Crippen molar-refractivity contribution < 1.29 is 31.9 Å². The Morgan fingerprint density at radius 2 is 1.76 bits per heavy atom. The third-order valence-corrected chi connectivity index (χ3v) is 6.94. The van der Waals surface area contributed by atoms with Crippen LogP contribution in [0.15, 0.2) is 65.7 Å². The number of aromatic nitrogens is 1. The van der Waals surface area contributed by atoms with Crippen LogP contribution in [0.25, 0.3) is 11.3 Å². The van der Waals surface area contributed by atoms with E-state index >= 15 is 0 Å². The Kier molecular flexibility index (Phi) is 8.42. The van der Waals surface area contributed by atoms with Crippen LogP contribution in [0.1, 0.15) is 39.7 Å². The predicted molar refractivity (Wildman–Crippen MR) is 137 cm³/mol. The van der Waals surface area contributed by atoms with Gasteiger partial charge in [0, 0.05) is 31.3 Å². The molecular weight excluding hydrogens is 499 g/mol. The number of carbonyl (C=O) groups excluding carboxylic acids is 2. The maximum Gasteiger partial charge on any atom is 0.410 e. The number of halogens is 1. The summed E-state index contributed by atoms with van der Waals surface area (Å²) in [4.78, 5) is 25.3. The van der Waals surface area contributed by atoms with E-state index in [1.807, 2.05) is 0 Å². The Morgan fingerprint density at radius 1 is 1.05 bits per heavy atom. The zero-order valence-corrected chi connectivity index (χ0v) is 22.3. The average molecular weight is 531 g/mol. The van der Waals surface area contributed by atoms with E-state index in [0.29, 0.717) is 12.0 Å². The molecular formula is C27H31FN2O6S. The Morgan fingerprint density at radius 3 is 2.41 bits per heavy atom. The number of benzene rings is 2. The summed E-state index contributed by atoms with van der Waals surface area (Å²) in [7, 11) is -2.69. The van der Waals surface area contributed by atoms with Gasteiger partial charge in [-0.05, 0) is 56.7 Å². The summed E-state index contributed by atoms with van der Waals surface area (Å²) in [5.74, 6) is -0.508. The summed E-state index contributed by atoms with van der Waals surface area (Å²) < 4.78 is 54.0. The summed E-state index contributed by atoms with van der Waals surface area (Å²) in [6.07, 6.45) is 1.07. The molecule has 0 aliphatic heterocycles. The van der Waals surface area contributed by atoms with Gasteiger partial charge < -0.3 is 14.4 Å². The monoisotopic (exact) mass is 530 g/mol. The van der Waals surface area contributed by atoms with Crippen LogP contribution in [0.3, 0.4) is 0 Å². The summed E-state index contributed by atoms with van der Waals surface area (Å²) in [6, 6.07) is 13.1. The fourth-order valence-corrected chi connectivity index (χ4v) is 4.86. The lowest BCUT2D eigenvalue weighted by atomic mass is 10.1. The van der Waals surface area contributed by atoms with E-state index in [1.54, 1.807) is 39.8 Å². The van der Waals surface area contributed by atoms with E-state index in [4.69, 9.17) is 9.47 Å². The molecule has 0 saturated heterocycles. The summed E-state index contributed by atoms with van der Waals surface area (Å²) in [5.41, 5.74) is -0.0687. The molecule has 37 heavy (non-hydrogen) atoms. The second-order valence-electron chi connectivity index (χ2n) is 9.51. The third kappa shape index (κ3) is 6.97. The molecule has 0 bridgehead atoms. The van der Waals surface area contributed by atoms with Gasteiger partial charge in [0.1, 0.15) is 23.8 Å². The van der Waals surface area contributed by atoms with E-state index in [1.165, 1.54) is 60.6 Å². The van der Waals surface area contributed by atoms with Crippen molar-refractivity contribution in [2.24, 2.45) is 0 Å². The maximum absolute atomic E-state index is 14.8. The van der Waals surface area contributed by atoms with Crippen LogP contribution in [0, 0.1) is 5.82 Å². The van der Waals surface area contributed by atoms with Crippen molar-refractivity contribution >= 4 is 21.9 Å². The number of ketones is 1. The highest BCUT2D eigenvalue weighted by molar-refractivity contribution is 7.90. The second kappa shape index (κ2) is 11.2. The lowest BCUT2D eigenvalue weighted by Crippen LogP contribution is -2.33. The van der Waals surface area contributed by atoms with E-state index in [9.17, 15) is 22.4 Å². The minimum absolute atomic E-state index is 0.0289. The minimum atomic E-state index is -4.21. The van der Waals surface area contributed by atoms with Crippen LogP contribution in [0.2, 0.25) is 0 Å². The maximum atomic E-state index is 14.8. The fraction of sp³-hybridized carbons (Fsp3) is 0.333. The Labute approximate surface area is 216 Å².